The van der Waals surface area contributed by atoms with Crippen molar-refractivity contribution in [3.63, 3.8) is 0 Å². The van der Waals surface area contributed by atoms with Gasteiger partial charge < -0.3 is 4.90 Å². The molecule has 3 aromatic rings. The van der Waals surface area contributed by atoms with Crippen LogP contribution in [0.25, 0.3) is 11.1 Å². The first-order chi connectivity index (χ1) is 14.1. The Labute approximate surface area is 176 Å². The minimum absolute atomic E-state index is 0.423. The highest BCUT2D eigenvalue weighted by molar-refractivity contribution is 5.70. The summed E-state index contributed by atoms with van der Waals surface area (Å²) in [5, 5.41) is 0. The van der Waals surface area contributed by atoms with Crippen LogP contribution in [0.5, 0.6) is 0 Å². The van der Waals surface area contributed by atoms with Gasteiger partial charge in [-0.1, -0.05) is 70.0 Å². The Balaban J connectivity index is 1.80. The Kier molecular flexibility index (Phi) is 7.46. The molecule has 0 aliphatic rings. The Morgan fingerprint density at radius 3 is 1.86 bits per heavy atom. The maximum Gasteiger partial charge on any atom is 0.0444 e. The molecule has 0 aliphatic heterocycles. The van der Waals surface area contributed by atoms with Crippen LogP contribution in [0.4, 0.5) is 11.4 Å². The maximum atomic E-state index is 4.17. The number of aromatic nitrogens is 1. The molecule has 3 rings (SSSR count). The predicted molar refractivity (Wildman–Crippen MR) is 126 cm³/mol. The standard InChI is InChI=1S/C27H34N2/c1-5-7-8-21(3)23-9-11-24(12-10-23)25-13-15-26(16-14-25)29(22(4)6-2)27-17-19-28-20-18-27/h9-22H,5-8H2,1-4H3. The molecule has 0 spiro atoms. The highest BCUT2D eigenvalue weighted by atomic mass is 15.2. The van der Waals surface area contributed by atoms with E-state index in [1.54, 1.807) is 0 Å². The zero-order valence-electron chi connectivity index (χ0n) is 18.3. The molecule has 0 saturated carbocycles. The van der Waals surface area contributed by atoms with Crippen LogP contribution < -0.4 is 4.90 Å². The molecule has 0 N–H and O–H groups in total. The van der Waals surface area contributed by atoms with Crippen molar-refractivity contribution in [2.45, 2.75) is 65.3 Å². The summed E-state index contributed by atoms with van der Waals surface area (Å²) in [5.41, 5.74) is 6.40. The van der Waals surface area contributed by atoms with E-state index >= 15 is 0 Å². The monoisotopic (exact) mass is 386 g/mol. The molecule has 2 aromatic carbocycles. The van der Waals surface area contributed by atoms with E-state index in [2.05, 4.69) is 98.2 Å². The minimum Gasteiger partial charge on any atom is -0.339 e. The second-order valence-electron chi connectivity index (χ2n) is 8.04. The quantitative estimate of drug-likeness (QED) is 0.370. The first kappa shape index (κ1) is 21.1. The fourth-order valence-corrected chi connectivity index (χ4v) is 3.84. The van der Waals surface area contributed by atoms with Crippen LogP contribution in [0.15, 0.2) is 73.1 Å². The van der Waals surface area contributed by atoms with Gasteiger partial charge >= 0.3 is 0 Å². The van der Waals surface area contributed by atoms with Crippen molar-refractivity contribution in [3.8, 4) is 11.1 Å². The summed E-state index contributed by atoms with van der Waals surface area (Å²) in [4.78, 5) is 6.56. The number of hydrogen-bond acceptors (Lipinski definition) is 2. The lowest BCUT2D eigenvalue weighted by Crippen LogP contribution is -2.27. The van der Waals surface area contributed by atoms with Crippen molar-refractivity contribution in [1.29, 1.82) is 0 Å². The molecular formula is C27H34N2. The first-order valence-electron chi connectivity index (χ1n) is 11.0. The molecule has 2 atom stereocenters. The number of anilines is 2. The molecule has 0 saturated heterocycles. The molecule has 0 bridgehead atoms. The van der Waals surface area contributed by atoms with Gasteiger partial charge in [-0.05, 0) is 66.6 Å². The van der Waals surface area contributed by atoms with Gasteiger partial charge in [0.25, 0.3) is 0 Å². The van der Waals surface area contributed by atoms with E-state index in [1.807, 2.05) is 12.4 Å². The van der Waals surface area contributed by atoms with E-state index in [9.17, 15) is 0 Å². The Hall–Kier alpha value is -2.61. The van der Waals surface area contributed by atoms with Crippen LogP contribution in [0.2, 0.25) is 0 Å². The van der Waals surface area contributed by atoms with E-state index in [4.69, 9.17) is 0 Å². The SMILES string of the molecule is CCCCC(C)c1ccc(-c2ccc(N(c3ccncc3)C(C)CC)cc2)cc1. The summed E-state index contributed by atoms with van der Waals surface area (Å²) >= 11 is 0. The zero-order chi connectivity index (χ0) is 20.6. The summed E-state index contributed by atoms with van der Waals surface area (Å²) in [7, 11) is 0. The molecular weight excluding hydrogens is 352 g/mol. The second kappa shape index (κ2) is 10.2. The fourth-order valence-electron chi connectivity index (χ4n) is 3.84. The van der Waals surface area contributed by atoms with Crippen molar-refractivity contribution in [2.24, 2.45) is 0 Å². The summed E-state index contributed by atoms with van der Waals surface area (Å²) in [6.45, 7) is 9.10. The van der Waals surface area contributed by atoms with Crippen LogP contribution in [0.3, 0.4) is 0 Å². The summed E-state index contributed by atoms with van der Waals surface area (Å²) in [5.74, 6) is 0.635. The minimum atomic E-state index is 0.423. The third-order valence-electron chi connectivity index (χ3n) is 5.92. The van der Waals surface area contributed by atoms with Crippen molar-refractivity contribution >= 4 is 11.4 Å². The number of unbranched alkanes of at least 4 members (excludes halogenated alkanes) is 1. The summed E-state index contributed by atoms with van der Waals surface area (Å²) < 4.78 is 0. The lowest BCUT2D eigenvalue weighted by Gasteiger charge is -2.31. The summed E-state index contributed by atoms with van der Waals surface area (Å²) in [6.07, 6.45) is 8.65. The Bertz CT molecular complexity index is 853. The van der Waals surface area contributed by atoms with Gasteiger partial charge in [-0.2, -0.15) is 0 Å². The van der Waals surface area contributed by atoms with Crippen LogP contribution in [-0.4, -0.2) is 11.0 Å². The van der Waals surface area contributed by atoms with E-state index in [0.29, 0.717) is 12.0 Å². The highest BCUT2D eigenvalue weighted by Gasteiger charge is 2.15. The average Bonchev–Trinajstić information content (AvgIpc) is 2.79. The van der Waals surface area contributed by atoms with Gasteiger partial charge in [-0.15, -0.1) is 0 Å². The van der Waals surface area contributed by atoms with Gasteiger partial charge in [0, 0.05) is 29.8 Å². The third-order valence-corrected chi connectivity index (χ3v) is 5.92. The van der Waals surface area contributed by atoms with E-state index in [0.717, 1.165) is 6.42 Å². The number of hydrogen-bond donors (Lipinski definition) is 0. The molecule has 2 unspecified atom stereocenters. The van der Waals surface area contributed by atoms with Crippen LogP contribution in [-0.2, 0) is 0 Å². The molecule has 0 amide bonds. The van der Waals surface area contributed by atoms with Gasteiger partial charge in [-0.25, -0.2) is 0 Å². The van der Waals surface area contributed by atoms with Crippen molar-refractivity contribution < 1.29 is 0 Å². The number of pyridine rings is 1. The van der Waals surface area contributed by atoms with Crippen molar-refractivity contribution in [3.05, 3.63) is 78.6 Å². The fraction of sp³-hybridized carbons (Fsp3) is 0.370. The van der Waals surface area contributed by atoms with Gasteiger partial charge in [0.15, 0.2) is 0 Å². The first-order valence-corrected chi connectivity index (χ1v) is 11.0. The molecule has 0 fully saturated rings. The van der Waals surface area contributed by atoms with Gasteiger partial charge in [0.1, 0.15) is 0 Å². The summed E-state index contributed by atoms with van der Waals surface area (Å²) in [6, 6.07) is 22.7. The molecule has 2 heteroatoms. The third kappa shape index (κ3) is 5.26. The molecule has 152 valence electrons. The normalized spacial score (nSPS) is 13.1. The number of benzene rings is 2. The molecule has 0 aliphatic carbocycles. The van der Waals surface area contributed by atoms with Crippen LogP contribution >= 0.6 is 0 Å². The smallest absolute Gasteiger partial charge is 0.0444 e. The maximum absolute atomic E-state index is 4.17. The Morgan fingerprint density at radius 1 is 0.759 bits per heavy atom. The molecule has 1 aromatic heterocycles. The lowest BCUT2D eigenvalue weighted by atomic mass is 9.93. The van der Waals surface area contributed by atoms with Crippen molar-refractivity contribution in [2.75, 3.05) is 4.90 Å². The zero-order valence-corrected chi connectivity index (χ0v) is 18.3. The van der Waals surface area contributed by atoms with Gasteiger partial charge in [0.05, 0.1) is 0 Å². The van der Waals surface area contributed by atoms with Crippen LogP contribution in [0.1, 0.15) is 64.9 Å². The average molecular weight is 387 g/mol. The van der Waals surface area contributed by atoms with Crippen LogP contribution in [0, 0.1) is 0 Å². The van der Waals surface area contributed by atoms with E-state index in [1.165, 1.54) is 47.3 Å². The molecule has 29 heavy (non-hydrogen) atoms. The topological polar surface area (TPSA) is 16.1 Å². The second-order valence-corrected chi connectivity index (χ2v) is 8.04. The van der Waals surface area contributed by atoms with Gasteiger partial charge in [-0.3, -0.25) is 4.98 Å². The Morgan fingerprint density at radius 2 is 1.31 bits per heavy atom. The van der Waals surface area contributed by atoms with Gasteiger partial charge in [0.2, 0.25) is 0 Å². The molecule has 1 heterocycles. The number of rotatable bonds is 9. The van der Waals surface area contributed by atoms with E-state index < -0.39 is 0 Å². The molecule has 0 radical (unpaired) electrons. The lowest BCUT2D eigenvalue weighted by molar-refractivity contribution is 0.624. The van der Waals surface area contributed by atoms with Crippen molar-refractivity contribution in [1.82, 2.24) is 4.98 Å². The largest absolute Gasteiger partial charge is 0.339 e. The molecule has 2 nitrogen and oxygen atoms in total. The highest BCUT2D eigenvalue weighted by Crippen LogP contribution is 2.31. The number of nitrogens with zero attached hydrogens (tertiary/aromatic N) is 2. The van der Waals surface area contributed by atoms with E-state index in [-0.39, 0.29) is 0 Å². The predicted octanol–water partition coefficient (Wildman–Crippen LogP) is 7.98.